The molecule has 0 fully saturated rings. The van der Waals surface area contributed by atoms with Gasteiger partial charge in [0.25, 0.3) is 0 Å². The van der Waals surface area contributed by atoms with Gasteiger partial charge < -0.3 is 14.6 Å². The third kappa shape index (κ3) is 4.03. The molecule has 30 heavy (non-hydrogen) atoms. The number of carbonyl (C=O) groups excluding carboxylic acids is 1. The summed E-state index contributed by atoms with van der Waals surface area (Å²) < 4.78 is 34.5. The average Bonchev–Trinajstić information content (AvgIpc) is 3.25. The van der Waals surface area contributed by atoms with E-state index >= 15 is 0 Å². The van der Waals surface area contributed by atoms with E-state index in [1.54, 1.807) is 12.1 Å². The van der Waals surface area contributed by atoms with E-state index in [9.17, 15) is 13.6 Å². The van der Waals surface area contributed by atoms with Crippen LogP contribution >= 0.6 is 11.3 Å². The van der Waals surface area contributed by atoms with E-state index in [4.69, 9.17) is 4.74 Å². The van der Waals surface area contributed by atoms with Crippen LogP contribution in [0.1, 0.15) is 30.1 Å². The molecule has 2 heterocycles. The van der Waals surface area contributed by atoms with E-state index in [1.165, 1.54) is 11.3 Å². The molecule has 2 aromatic heterocycles. The van der Waals surface area contributed by atoms with Crippen LogP contribution in [0.3, 0.4) is 0 Å². The number of Topliss-reactive ketones (excluding diaryl/α,β-unsaturated/α-hetero) is 1. The molecule has 0 saturated carbocycles. The molecule has 0 unspecified atom stereocenters. The number of fused-ring (bicyclic) bond motifs is 2. The van der Waals surface area contributed by atoms with Gasteiger partial charge >= 0.3 is 0 Å². The highest BCUT2D eigenvalue weighted by Crippen LogP contribution is 2.30. The average molecular weight is 430 g/mol. The normalized spacial score (nSPS) is 11.5. The molecule has 0 radical (unpaired) electrons. The largest absolute Gasteiger partial charge is 0.382 e. The molecule has 0 amide bonds. The van der Waals surface area contributed by atoms with Crippen molar-refractivity contribution in [3.05, 3.63) is 47.5 Å². The lowest BCUT2D eigenvalue weighted by Crippen LogP contribution is -2.02. The topological polar surface area (TPSA) is 69.0 Å². The van der Waals surface area contributed by atoms with Gasteiger partial charge in [-0.15, -0.1) is 0 Å². The molecule has 4 rings (SSSR count). The number of nitrogens with one attached hydrogen (secondary N) is 1. The van der Waals surface area contributed by atoms with Crippen LogP contribution in [0.2, 0.25) is 0 Å². The number of nitrogens with zero attached hydrogens (tertiary/aromatic N) is 3. The van der Waals surface area contributed by atoms with Crippen LogP contribution in [-0.2, 0) is 11.8 Å². The molecular weight excluding hydrogens is 410 g/mol. The maximum atomic E-state index is 13.4. The van der Waals surface area contributed by atoms with Crippen molar-refractivity contribution in [2.45, 2.75) is 19.8 Å². The molecule has 4 aromatic rings. The van der Waals surface area contributed by atoms with Gasteiger partial charge in [0.15, 0.2) is 22.5 Å². The highest BCUT2D eigenvalue weighted by atomic mass is 32.1. The molecule has 0 aliphatic heterocycles. The second-order valence-electron chi connectivity index (χ2n) is 6.80. The van der Waals surface area contributed by atoms with E-state index in [-0.39, 0.29) is 5.78 Å². The summed E-state index contributed by atoms with van der Waals surface area (Å²) in [5.74, 6) is -1.27. The van der Waals surface area contributed by atoms with Gasteiger partial charge in [0, 0.05) is 38.3 Å². The lowest BCUT2D eigenvalue weighted by atomic mass is 10.1. The van der Waals surface area contributed by atoms with E-state index < -0.39 is 11.6 Å². The van der Waals surface area contributed by atoms with Gasteiger partial charge in [0.2, 0.25) is 5.95 Å². The molecule has 0 aliphatic carbocycles. The highest BCUT2D eigenvalue weighted by Gasteiger charge is 2.14. The summed E-state index contributed by atoms with van der Waals surface area (Å²) in [7, 11) is 1.84. The first-order valence-electron chi connectivity index (χ1n) is 9.56. The zero-order chi connectivity index (χ0) is 21.3. The standard InChI is InChI=1S/C21H20F2N4O2S/c1-3-29-8-4-5-18(28)12-6-7-17-15(9-12)24-20(27(17)2)26-21-25-16-10-13(22)14(23)11-19(16)30-21/h6-7,9-11H,3-5,8H2,1-2H3,(H,24,25,26). The lowest BCUT2D eigenvalue weighted by molar-refractivity contribution is 0.0947. The first-order valence-corrected chi connectivity index (χ1v) is 10.4. The number of ether oxygens (including phenoxy) is 1. The maximum absolute atomic E-state index is 13.4. The molecule has 9 heteroatoms. The molecule has 2 aromatic carbocycles. The fraction of sp³-hybridized carbons (Fsp3) is 0.286. The summed E-state index contributed by atoms with van der Waals surface area (Å²) in [6.45, 7) is 3.13. The Morgan fingerprint density at radius 2 is 1.97 bits per heavy atom. The number of imidazole rings is 1. The Morgan fingerprint density at radius 1 is 1.17 bits per heavy atom. The zero-order valence-electron chi connectivity index (χ0n) is 16.5. The second-order valence-corrected chi connectivity index (χ2v) is 7.83. The van der Waals surface area contributed by atoms with Crippen molar-refractivity contribution in [1.82, 2.24) is 14.5 Å². The Kier molecular flexibility index (Phi) is 5.74. The predicted molar refractivity (Wildman–Crippen MR) is 114 cm³/mol. The molecule has 1 N–H and O–H groups in total. The molecule has 0 saturated heterocycles. The Balaban J connectivity index is 1.56. The molecular formula is C21H20F2N4O2S. The number of thiazole rings is 1. The van der Waals surface area contributed by atoms with Crippen LogP contribution in [0.4, 0.5) is 19.9 Å². The molecule has 6 nitrogen and oxygen atoms in total. The SMILES string of the molecule is CCOCCCC(=O)c1ccc2c(c1)nc(Nc1nc3cc(F)c(F)cc3s1)n2C. The summed E-state index contributed by atoms with van der Waals surface area (Å²) in [5, 5.41) is 3.57. The predicted octanol–water partition coefficient (Wildman–Crippen LogP) is 5.20. The number of anilines is 2. The van der Waals surface area contributed by atoms with E-state index in [0.29, 0.717) is 58.4 Å². The summed E-state index contributed by atoms with van der Waals surface area (Å²) in [6.07, 6.45) is 1.10. The quantitative estimate of drug-likeness (QED) is 0.307. The lowest BCUT2D eigenvalue weighted by Gasteiger charge is -2.03. The molecule has 0 bridgehead atoms. The van der Waals surface area contributed by atoms with Crippen molar-refractivity contribution < 1.29 is 18.3 Å². The van der Waals surface area contributed by atoms with Gasteiger partial charge in [-0.2, -0.15) is 0 Å². The smallest absolute Gasteiger partial charge is 0.209 e. The van der Waals surface area contributed by atoms with Crippen molar-refractivity contribution in [3.63, 3.8) is 0 Å². The van der Waals surface area contributed by atoms with Gasteiger partial charge in [0.1, 0.15) is 0 Å². The van der Waals surface area contributed by atoms with Crippen molar-refractivity contribution in [3.8, 4) is 0 Å². The van der Waals surface area contributed by atoms with Gasteiger partial charge in [-0.25, -0.2) is 18.7 Å². The number of ketones is 1. The number of hydrogen-bond acceptors (Lipinski definition) is 6. The Morgan fingerprint density at radius 3 is 2.77 bits per heavy atom. The van der Waals surface area contributed by atoms with Crippen LogP contribution in [-0.4, -0.2) is 33.5 Å². The van der Waals surface area contributed by atoms with Gasteiger partial charge in [-0.3, -0.25) is 4.79 Å². The van der Waals surface area contributed by atoms with E-state index in [1.807, 2.05) is 24.6 Å². The third-order valence-corrected chi connectivity index (χ3v) is 5.68. The molecule has 0 atom stereocenters. The number of benzene rings is 2. The Bertz CT molecular complexity index is 1200. The van der Waals surface area contributed by atoms with Crippen LogP contribution in [0.25, 0.3) is 21.3 Å². The zero-order valence-corrected chi connectivity index (χ0v) is 17.4. The minimum absolute atomic E-state index is 0.0481. The van der Waals surface area contributed by atoms with Crippen LogP contribution in [0.5, 0.6) is 0 Å². The number of halogens is 2. The maximum Gasteiger partial charge on any atom is 0.209 e. The van der Waals surface area contributed by atoms with Gasteiger partial charge in [-0.1, -0.05) is 11.3 Å². The molecule has 156 valence electrons. The number of carbonyl (C=O) groups is 1. The van der Waals surface area contributed by atoms with E-state index in [2.05, 4.69) is 15.3 Å². The third-order valence-electron chi connectivity index (χ3n) is 4.75. The van der Waals surface area contributed by atoms with E-state index in [0.717, 1.165) is 17.6 Å². The minimum atomic E-state index is -0.930. The van der Waals surface area contributed by atoms with Crippen LogP contribution in [0.15, 0.2) is 30.3 Å². The van der Waals surface area contributed by atoms with Gasteiger partial charge in [-0.05, 0) is 37.6 Å². The Hall–Kier alpha value is -2.91. The fourth-order valence-corrected chi connectivity index (χ4v) is 4.05. The monoisotopic (exact) mass is 430 g/mol. The number of aromatic nitrogens is 3. The summed E-state index contributed by atoms with van der Waals surface area (Å²) >= 11 is 1.21. The number of rotatable bonds is 8. The highest BCUT2D eigenvalue weighted by molar-refractivity contribution is 7.22. The minimum Gasteiger partial charge on any atom is -0.382 e. The fourth-order valence-electron chi connectivity index (χ4n) is 3.18. The summed E-state index contributed by atoms with van der Waals surface area (Å²) in [5.41, 5.74) is 2.50. The second kappa shape index (κ2) is 8.45. The number of hydrogen-bond donors (Lipinski definition) is 1. The van der Waals surface area contributed by atoms with Crippen molar-refractivity contribution in [2.24, 2.45) is 7.05 Å². The van der Waals surface area contributed by atoms with Gasteiger partial charge in [0.05, 0.1) is 21.3 Å². The van der Waals surface area contributed by atoms with Crippen LogP contribution in [0, 0.1) is 11.6 Å². The summed E-state index contributed by atoms with van der Waals surface area (Å²) in [4.78, 5) is 21.3. The van der Waals surface area contributed by atoms with Crippen LogP contribution < -0.4 is 5.32 Å². The molecule has 0 aliphatic rings. The number of aryl methyl sites for hydroxylation is 1. The first kappa shape index (κ1) is 20.4. The Labute approximate surface area is 175 Å². The molecule has 0 spiro atoms. The first-order chi connectivity index (χ1) is 14.5. The summed E-state index contributed by atoms with van der Waals surface area (Å²) in [6, 6.07) is 7.62. The van der Waals surface area contributed by atoms with Crippen molar-refractivity contribution in [2.75, 3.05) is 18.5 Å². The van der Waals surface area contributed by atoms with Crippen molar-refractivity contribution >= 4 is 49.4 Å². The van der Waals surface area contributed by atoms with Crippen molar-refractivity contribution in [1.29, 1.82) is 0 Å².